The van der Waals surface area contributed by atoms with Gasteiger partial charge in [0.2, 0.25) is 0 Å². The van der Waals surface area contributed by atoms with E-state index in [4.69, 9.17) is 9.47 Å². The molecule has 31 heavy (non-hydrogen) atoms. The first-order valence-corrected chi connectivity index (χ1v) is 11.7. The fourth-order valence-electron chi connectivity index (χ4n) is 6.69. The minimum Gasteiger partial charge on any atom is -0.464 e. The summed E-state index contributed by atoms with van der Waals surface area (Å²) in [6, 6.07) is 8.68. The molecule has 6 rings (SSSR count). The van der Waals surface area contributed by atoms with Crippen molar-refractivity contribution < 1.29 is 14.3 Å². The summed E-state index contributed by atoms with van der Waals surface area (Å²) in [6.07, 6.45) is 4.05. The lowest BCUT2D eigenvalue weighted by Crippen LogP contribution is -2.67. The standard InChI is InChI=1S/C25H35N3O3/c1-27(2)11-13-31-24(29)25-15-17-14-18(9-12-30-3)23(25)28(16-17)10-8-20-19-6-4-5-7-21(19)26-22(20)25/h4-7,17-18,23,26H,8-16H2,1-3H3/t17?,18-,23-,25+/m0/s1. The molecule has 4 heterocycles. The lowest BCUT2D eigenvalue weighted by molar-refractivity contribution is -0.166. The number of nitrogens with one attached hydrogen (secondary N) is 1. The SMILES string of the molecule is COCC[C@H]1CC2CN3CCc4c([nH]c5ccccc45)[C@](C(=O)OCCN(C)C)(C2)[C@H]13. The number of aromatic nitrogens is 1. The summed E-state index contributed by atoms with van der Waals surface area (Å²) in [5.41, 5.74) is 2.97. The zero-order chi connectivity index (χ0) is 21.6. The van der Waals surface area contributed by atoms with Crippen molar-refractivity contribution in [1.82, 2.24) is 14.8 Å². The normalized spacial score (nSPS) is 31.6. The molecule has 6 nitrogen and oxygen atoms in total. The molecule has 3 aliphatic heterocycles. The Kier molecular flexibility index (Phi) is 5.57. The number of piperidine rings is 2. The number of hydrogen-bond donors (Lipinski definition) is 1. The summed E-state index contributed by atoms with van der Waals surface area (Å²) in [6.45, 7) is 4.03. The van der Waals surface area contributed by atoms with Gasteiger partial charge in [0.1, 0.15) is 12.0 Å². The van der Waals surface area contributed by atoms with Gasteiger partial charge in [-0.1, -0.05) is 18.2 Å². The van der Waals surface area contributed by atoms with Gasteiger partial charge in [-0.15, -0.1) is 0 Å². The van der Waals surface area contributed by atoms with Crippen molar-refractivity contribution in [3.8, 4) is 0 Å². The number of nitrogens with zero attached hydrogens (tertiary/aromatic N) is 2. The number of ether oxygens (including phenoxy) is 2. The van der Waals surface area contributed by atoms with Gasteiger partial charge >= 0.3 is 5.97 Å². The molecule has 4 aliphatic rings. The van der Waals surface area contributed by atoms with E-state index < -0.39 is 5.41 Å². The molecule has 1 aromatic heterocycles. The Morgan fingerprint density at radius 1 is 1.29 bits per heavy atom. The molecule has 1 aromatic carbocycles. The second-order valence-corrected chi connectivity index (χ2v) is 9.97. The van der Waals surface area contributed by atoms with Crippen LogP contribution >= 0.6 is 0 Å². The van der Waals surface area contributed by atoms with E-state index in [-0.39, 0.29) is 12.0 Å². The number of likely N-dealkylation sites (N-methyl/N-ethyl adjacent to an activating group) is 1. The number of rotatable bonds is 7. The van der Waals surface area contributed by atoms with Crippen LogP contribution in [0.2, 0.25) is 0 Å². The van der Waals surface area contributed by atoms with E-state index in [0.29, 0.717) is 18.4 Å². The van der Waals surface area contributed by atoms with Crippen LogP contribution in [0.3, 0.4) is 0 Å². The van der Waals surface area contributed by atoms with Crippen molar-refractivity contribution >= 4 is 16.9 Å². The average Bonchev–Trinajstić information content (AvgIpc) is 3.10. The first-order valence-electron chi connectivity index (χ1n) is 11.7. The van der Waals surface area contributed by atoms with Gasteiger partial charge < -0.3 is 19.4 Å². The van der Waals surface area contributed by atoms with Crippen molar-refractivity contribution in [2.75, 3.05) is 54.1 Å². The first kappa shape index (κ1) is 21.0. The molecule has 6 heteroatoms. The molecule has 1 N–H and O–H groups in total. The molecule has 0 spiro atoms. The largest absolute Gasteiger partial charge is 0.464 e. The third-order valence-corrected chi connectivity index (χ3v) is 7.82. The van der Waals surface area contributed by atoms with E-state index in [9.17, 15) is 4.79 Å². The monoisotopic (exact) mass is 425 g/mol. The van der Waals surface area contributed by atoms with Gasteiger partial charge in [0.05, 0.1) is 0 Å². The molecule has 2 saturated heterocycles. The molecule has 1 saturated carbocycles. The Bertz CT molecular complexity index is 955. The minimum atomic E-state index is -0.614. The van der Waals surface area contributed by atoms with E-state index in [1.54, 1.807) is 7.11 Å². The highest BCUT2D eigenvalue weighted by atomic mass is 16.5. The van der Waals surface area contributed by atoms with Crippen LogP contribution in [0.15, 0.2) is 24.3 Å². The molecule has 1 aliphatic carbocycles. The number of aromatic amines is 1. The molecule has 0 amide bonds. The lowest BCUT2D eigenvalue weighted by Gasteiger charge is -2.58. The first-order chi connectivity index (χ1) is 15.0. The average molecular weight is 426 g/mol. The topological polar surface area (TPSA) is 57.8 Å². The number of para-hydroxylation sites is 1. The Hall–Kier alpha value is -1.89. The van der Waals surface area contributed by atoms with E-state index >= 15 is 0 Å². The summed E-state index contributed by atoms with van der Waals surface area (Å²) < 4.78 is 11.5. The maximum atomic E-state index is 14.0. The molecule has 2 aromatic rings. The van der Waals surface area contributed by atoms with Crippen LogP contribution in [0.4, 0.5) is 0 Å². The Labute approximate surface area is 184 Å². The molecule has 4 bridgehead atoms. The highest BCUT2D eigenvalue weighted by molar-refractivity contribution is 5.91. The maximum Gasteiger partial charge on any atom is 0.319 e. The van der Waals surface area contributed by atoms with Crippen LogP contribution < -0.4 is 0 Å². The van der Waals surface area contributed by atoms with Crippen molar-refractivity contribution in [2.45, 2.75) is 37.1 Å². The minimum absolute atomic E-state index is 0.0362. The number of carbonyl (C=O) groups excluding carboxylic acids is 1. The van der Waals surface area contributed by atoms with Crippen LogP contribution in [0, 0.1) is 11.8 Å². The Morgan fingerprint density at radius 3 is 2.94 bits per heavy atom. The fourth-order valence-corrected chi connectivity index (χ4v) is 6.69. The molecule has 168 valence electrons. The number of fused-ring (bicyclic) bond motifs is 4. The Balaban J connectivity index is 1.62. The van der Waals surface area contributed by atoms with Gasteiger partial charge in [-0.25, -0.2) is 0 Å². The summed E-state index contributed by atoms with van der Waals surface area (Å²) in [5.74, 6) is 0.933. The highest BCUT2D eigenvalue weighted by Gasteiger charge is 2.63. The third-order valence-electron chi connectivity index (χ3n) is 7.82. The van der Waals surface area contributed by atoms with E-state index in [1.807, 2.05) is 14.1 Å². The molecular formula is C25H35N3O3. The second-order valence-electron chi connectivity index (χ2n) is 9.97. The molecular weight excluding hydrogens is 390 g/mol. The zero-order valence-corrected chi connectivity index (χ0v) is 19.0. The third kappa shape index (κ3) is 3.40. The van der Waals surface area contributed by atoms with Crippen LogP contribution in [0.5, 0.6) is 0 Å². The number of esters is 1. The van der Waals surface area contributed by atoms with Crippen LogP contribution in [-0.2, 0) is 26.1 Å². The highest BCUT2D eigenvalue weighted by Crippen LogP contribution is 2.55. The number of hydrogen-bond acceptors (Lipinski definition) is 5. The van der Waals surface area contributed by atoms with Crippen LogP contribution in [0.1, 0.15) is 30.5 Å². The molecule has 5 atom stereocenters. The fraction of sp³-hybridized carbons (Fsp3) is 0.640. The van der Waals surface area contributed by atoms with Crippen molar-refractivity contribution in [2.24, 2.45) is 11.8 Å². The van der Waals surface area contributed by atoms with Gasteiger partial charge in [0.25, 0.3) is 0 Å². The van der Waals surface area contributed by atoms with E-state index in [2.05, 4.69) is 39.0 Å². The summed E-state index contributed by atoms with van der Waals surface area (Å²) in [7, 11) is 5.80. The van der Waals surface area contributed by atoms with Gasteiger partial charge in [-0.2, -0.15) is 0 Å². The van der Waals surface area contributed by atoms with E-state index in [0.717, 1.165) is 56.7 Å². The van der Waals surface area contributed by atoms with Crippen molar-refractivity contribution in [3.63, 3.8) is 0 Å². The molecule has 3 fully saturated rings. The van der Waals surface area contributed by atoms with E-state index in [1.165, 1.54) is 17.4 Å². The number of methoxy groups -OCH3 is 1. The van der Waals surface area contributed by atoms with Crippen molar-refractivity contribution in [1.29, 1.82) is 0 Å². The van der Waals surface area contributed by atoms with Crippen molar-refractivity contribution in [3.05, 3.63) is 35.5 Å². The summed E-state index contributed by atoms with van der Waals surface area (Å²) >= 11 is 0. The smallest absolute Gasteiger partial charge is 0.319 e. The van der Waals surface area contributed by atoms with Gasteiger partial charge in [0, 0.05) is 56.0 Å². The quantitative estimate of drug-likeness (QED) is 0.692. The second kappa shape index (κ2) is 8.23. The molecule has 0 radical (unpaired) electrons. The summed E-state index contributed by atoms with van der Waals surface area (Å²) in [4.78, 5) is 22.4. The lowest BCUT2D eigenvalue weighted by atomic mass is 9.56. The van der Waals surface area contributed by atoms with Crippen LogP contribution in [-0.4, -0.2) is 80.8 Å². The maximum absolute atomic E-state index is 14.0. The summed E-state index contributed by atoms with van der Waals surface area (Å²) in [5, 5.41) is 1.26. The van der Waals surface area contributed by atoms with Gasteiger partial charge in [-0.05, 0) is 63.2 Å². The predicted octanol–water partition coefficient (Wildman–Crippen LogP) is 2.81. The zero-order valence-electron chi connectivity index (χ0n) is 19.0. The number of benzene rings is 1. The van der Waals surface area contributed by atoms with Crippen LogP contribution in [0.25, 0.3) is 10.9 Å². The number of carbonyl (C=O) groups is 1. The Morgan fingerprint density at radius 2 is 2.13 bits per heavy atom. The number of H-pyrrole nitrogens is 1. The van der Waals surface area contributed by atoms with Gasteiger partial charge in [-0.3, -0.25) is 9.69 Å². The predicted molar refractivity (Wildman–Crippen MR) is 121 cm³/mol. The van der Waals surface area contributed by atoms with Gasteiger partial charge in [0.15, 0.2) is 0 Å². The molecule has 2 unspecified atom stereocenters.